The van der Waals surface area contributed by atoms with Crippen LogP contribution in [0.15, 0.2) is 413 Å². The van der Waals surface area contributed by atoms with Crippen molar-refractivity contribution >= 4 is 43.1 Å². The predicted octanol–water partition coefficient (Wildman–Crippen LogP) is 28.9. The van der Waals surface area contributed by atoms with Crippen LogP contribution in [0.25, 0.3) is 98.7 Å². The molecule has 0 spiro atoms. The van der Waals surface area contributed by atoms with E-state index >= 15 is 0 Å². The van der Waals surface area contributed by atoms with Gasteiger partial charge in [0.25, 0.3) is 0 Å². The zero-order valence-corrected chi connectivity index (χ0v) is 60.3. The van der Waals surface area contributed by atoms with Crippen molar-refractivity contribution in [3.8, 4) is 55.6 Å². The first kappa shape index (κ1) is 72.5. The van der Waals surface area contributed by atoms with E-state index in [1.165, 1.54) is 143 Å². The normalized spacial score (nSPS) is 10.2. The maximum absolute atomic E-state index is 2.25. The average molecular weight is 1320 g/mol. The number of hydrogen-bond donors (Lipinski definition) is 0. The average Bonchev–Trinajstić information content (AvgIpc) is 0.817. The molecular formula is C102H92. The molecule has 0 unspecified atom stereocenters. The summed E-state index contributed by atoms with van der Waals surface area (Å²) in [5.41, 5.74) is 23.4. The lowest BCUT2D eigenvalue weighted by atomic mass is 9.98. The summed E-state index contributed by atoms with van der Waals surface area (Å²) in [5.74, 6) is 0. The minimum absolute atomic E-state index is 1.28. The molecule has 0 heterocycles. The highest BCUT2D eigenvalue weighted by Crippen LogP contribution is 2.30. The molecule has 102 heavy (non-hydrogen) atoms. The SMILES string of the molecule is Cc1ccc(-c2ccc3ccccc3c2)cc1.Cc1ccc(-c2cccc3ccccc23)cc1.Cc1ccc(-c2ccccc2)cc1.Cc1ccc2ccccc2c1.Cc1cccc(-c2ccccc2)c1.Cc1cccc2ccccc12.Cc1ccccc1.Cc1ccccc1-c1ccccc1. The fraction of sp³-hybridized carbons (Fsp3) is 0.0784. The molecule has 0 bridgehead atoms. The summed E-state index contributed by atoms with van der Waals surface area (Å²) in [7, 11) is 0. The lowest BCUT2D eigenvalue weighted by molar-refractivity contribution is 1.46. The van der Waals surface area contributed by atoms with Crippen LogP contribution in [-0.2, 0) is 0 Å². The molecule has 17 aromatic carbocycles. The van der Waals surface area contributed by atoms with E-state index in [2.05, 4.69) is 432 Å². The van der Waals surface area contributed by atoms with E-state index in [0.717, 1.165) is 0 Å². The molecule has 0 aromatic heterocycles. The molecule has 17 rings (SSSR count). The van der Waals surface area contributed by atoms with Crippen LogP contribution in [0.2, 0.25) is 0 Å². The Hall–Kier alpha value is -12.2. The molecule has 0 nitrogen and oxygen atoms in total. The van der Waals surface area contributed by atoms with Crippen molar-refractivity contribution < 1.29 is 0 Å². The van der Waals surface area contributed by atoms with E-state index in [9.17, 15) is 0 Å². The maximum Gasteiger partial charge on any atom is -0.0105 e. The fourth-order valence-electron chi connectivity index (χ4n) is 11.9. The Morgan fingerprint density at radius 2 is 0.412 bits per heavy atom. The minimum atomic E-state index is 1.28. The molecule has 0 saturated carbocycles. The van der Waals surface area contributed by atoms with Gasteiger partial charge >= 0.3 is 0 Å². The zero-order chi connectivity index (χ0) is 71.1. The van der Waals surface area contributed by atoms with Crippen LogP contribution in [0.5, 0.6) is 0 Å². The predicted molar refractivity (Wildman–Crippen MR) is 447 cm³/mol. The number of rotatable bonds is 5. The highest BCUT2D eigenvalue weighted by atomic mass is 14.1. The summed E-state index contributed by atoms with van der Waals surface area (Å²) in [5, 5.41) is 10.5. The van der Waals surface area contributed by atoms with E-state index in [4.69, 9.17) is 0 Å². The van der Waals surface area contributed by atoms with Crippen LogP contribution in [0.4, 0.5) is 0 Å². The monoisotopic (exact) mass is 1320 g/mol. The van der Waals surface area contributed by atoms with Gasteiger partial charge in [-0.2, -0.15) is 0 Å². The number of benzene rings is 17. The first-order valence-electron chi connectivity index (χ1n) is 35.3. The van der Waals surface area contributed by atoms with E-state index in [-0.39, 0.29) is 0 Å². The van der Waals surface area contributed by atoms with Crippen molar-refractivity contribution in [2.75, 3.05) is 0 Å². The van der Waals surface area contributed by atoms with Gasteiger partial charge in [-0.25, -0.2) is 0 Å². The Bertz CT molecular complexity index is 5280. The Labute approximate surface area is 607 Å². The third kappa shape index (κ3) is 22.1. The third-order valence-electron chi connectivity index (χ3n) is 17.7. The first-order chi connectivity index (χ1) is 49.9. The van der Waals surface area contributed by atoms with Gasteiger partial charge in [-0.1, -0.05) is 440 Å². The lowest BCUT2D eigenvalue weighted by Crippen LogP contribution is -1.81. The van der Waals surface area contributed by atoms with Gasteiger partial charge in [0.1, 0.15) is 0 Å². The van der Waals surface area contributed by atoms with E-state index < -0.39 is 0 Å². The van der Waals surface area contributed by atoms with Crippen molar-refractivity contribution in [1.29, 1.82) is 0 Å². The van der Waals surface area contributed by atoms with Gasteiger partial charge in [-0.05, 0) is 171 Å². The highest BCUT2D eigenvalue weighted by molar-refractivity contribution is 5.96. The molecule has 0 saturated heterocycles. The fourth-order valence-corrected chi connectivity index (χ4v) is 11.9. The summed E-state index contributed by atoms with van der Waals surface area (Å²) in [6.07, 6.45) is 0. The van der Waals surface area contributed by atoms with Crippen molar-refractivity contribution in [3.05, 3.63) is 457 Å². The van der Waals surface area contributed by atoms with Gasteiger partial charge in [-0.15, -0.1) is 0 Å². The zero-order valence-electron chi connectivity index (χ0n) is 60.3. The van der Waals surface area contributed by atoms with Gasteiger partial charge in [0.05, 0.1) is 0 Å². The molecule has 17 aromatic rings. The Kier molecular flexibility index (Phi) is 27.2. The van der Waals surface area contributed by atoms with Crippen LogP contribution in [0.1, 0.15) is 44.5 Å². The maximum atomic E-state index is 2.25. The van der Waals surface area contributed by atoms with Crippen molar-refractivity contribution in [2.45, 2.75) is 55.4 Å². The second-order valence-electron chi connectivity index (χ2n) is 25.8. The molecule has 0 aliphatic carbocycles. The molecule has 0 N–H and O–H groups in total. The molecule has 0 amide bonds. The van der Waals surface area contributed by atoms with Crippen LogP contribution >= 0.6 is 0 Å². The number of aryl methyl sites for hydroxylation is 8. The lowest BCUT2D eigenvalue weighted by Gasteiger charge is -2.07. The standard InChI is InChI=1S/2C17H14.3C13H12.2C11H10.C7H8/c1-13-9-11-15(12-10-13)17-8-4-6-14-5-2-3-7-16(14)17;1-13-6-8-15(9-7-13)17-11-10-14-4-2-3-5-16(14)12-17;1-11-7-5-6-10-13(11)12-8-3-2-4-9-12;1-11-6-5-9-13(10-11)12-7-3-2-4-8-12;1-11-7-9-13(10-8-11)12-5-3-2-4-6-12;1-9-5-4-7-10-6-2-3-8-11(9)10;1-9-6-7-10-4-2-3-5-11(10)8-9;1-7-5-3-2-4-6-7/h2*2-12H,1H3;3*2-10H,1H3;2*2-8H,1H3;2-6H,1H3. The number of hydrogen-bond acceptors (Lipinski definition) is 0. The topological polar surface area (TPSA) is 0 Å². The van der Waals surface area contributed by atoms with Gasteiger partial charge in [0.15, 0.2) is 0 Å². The van der Waals surface area contributed by atoms with Gasteiger partial charge in [-0.3, -0.25) is 0 Å². The quantitative estimate of drug-likeness (QED) is 0.161. The summed E-state index contributed by atoms with van der Waals surface area (Å²) in [6, 6.07) is 144. The van der Waals surface area contributed by atoms with Crippen molar-refractivity contribution in [3.63, 3.8) is 0 Å². The smallest absolute Gasteiger partial charge is 0.0105 e. The molecule has 500 valence electrons. The van der Waals surface area contributed by atoms with Gasteiger partial charge in [0.2, 0.25) is 0 Å². The summed E-state index contributed by atoms with van der Waals surface area (Å²) >= 11 is 0. The van der Waals surface area contributed by atoms with Gasteiger partial charge < -0.3 is 0 Å². The van der Waals surface area contributed by atoms with E-state index in [1.54, 1.807) is 0 Å². The second kappa shape index (κ2) is 38.2. The van der Waals surface area contributed by atoms with Crippen molar-refractivity contribution in [1.82, 2.24) is 0 Å². The Morgan fingerprint density at radius 1 is 0.127 bits per heavy atom. The first-order valence-corrected chi connectivity index (χ1v) is 35.3. The van der Waals surface area contributed by atoms with E-state index in [1.807, 2.05) is 36.4 Å². The summed E-state index contributed by atoms with van der Waals surface area (Å²) < 4.78 is 0. The summed E-state index contributed by atoms with van der Waals surface area (Å²) in [6.45, 7) is 16.9. The third-order valence-corrected chi connectivity index (χ3v) is 17.7. The molecular weight excluding hydrogens is 1230 g/mol. The minimum Gasteiger partial charge on any atom is -0.0622 e. The largest absolute Gasteiger partial charge is 0.0622 e. The number of fused-ring (bicyclic) bond motifs is 4. The Morgan fingerprint density at radius 3 is 0.931 bits per heavy atom. The molecule has 0 aliphatic heterocycles. The van der Waals surface area contributed by atoms with Crippen molar-refractivity contribution in [2.24, 2.45) is 0 Å². The second-order valence-corrected chi connectivity index (χ2v) is 25.8. The summed E-state index contributed by atoms with van der Waals surface area (Å²) in [4.78, 5) is 0. The Balaban J connectivity index is 0.000000127. The highest BCUT2D eigenvalue weighted by Gasteiger charge is 2.04. The van der Waals surface area contributed by atoms with Crippen LogP contribution < -0.4 is 0 Å². The molecule has 0 heteroatoms. The molecule has 0 fully saturated rings. The molecule has 0 atom stereocenters. The van der Waals surface area contributed by atoms with Gasteiger partial charge in [0, 0.05) is 0 Å². The van der Waals surface area contributed by atoms with Crippen LogP contribution in [0.3, 0.4) is 0 Å². The van der Waals surface area contributed by atoms with Crippen LogP contribution in [-0.4, -0.2) is 0 Å². The molecule has 0 aliphatic rings. The molecule has 0 radical (unpaired) electrons. The van der Waals surface area contributed by atoms with E-state index in [0.29, 0.717) is 0 Å². The van der Waals surface area contributed by atoms with Crippen LogP contribution in [0, 0.1) is 55.4 Å².